The largest absolute Gasteiger partial charge is 2.00 e. The van der Waals surface area contributed by atoms with Gasteiger partial charge in [0.15, 0.2) is 0 Å². The SMILES string of the molecule is CN(C)CC1=CCC(c2[c-]c3ccccc3cc2)=C1.CO.C[C-](C)C.Cl.Cl.[Ti+2]. The van der Waals surface area contributed by atoms with Crippen molar-refractivity contribution in [3.8, 4) is 0 Å². The Morgan fingerprint density at radius 1 is 1.00 bits per heavy atom. The van der Waals surface area contributed by atoms with E-state index in [0.717, 1.165) is 20.1 Å². The van der Waals surface area contributed by atoms with E-state index in [0.29, 0.717) is 0 Å². The maximum absolute atomic E-state index is 7.00. The zero-order valence-corrected chi connectivity index (χ0v) is 20.9. The van der Waals surface area contributed by atoms with Gasteiger partial charge in [-0.1, -0.05) is 35.7 Å². The van der Waals surface area contributed by atoms with Crippen molar-refractivity contribution in [2.45, 2.75) is 27.2 Å². The Morgan fingerprint density at radius 3 is 2.14 bits per heavy atom. The van der Waals surface area contributed by atoms with E-state index >= 15 is 0 Å². The Kier molecular flexibility index (Phi) is 19.8. The summed E-state index contributed by atoms with van der Waals surface area (Å²) in [5.74, 6) is 1.42. The summed E-state index contributed by atoms with van der Waals surface area (Å²) < 4.78 is 0. The average Bonchev–Trinajstić information content (AvgIpc) is 3.03. The minimum Gasteiger partial charge on any atom is -0.400 e. The van der Waals surface area contributed by atoms with Crippen LogP contribution in [-0.2, 0) is 21.7 Å². The van der Waals surface area contributed by atoms with Crippen molar-refractivity contribution in [3.05, 3.63) is 71.7 Å². The summed E-state index contributed by atoms with van der Waals surface area (Å²) in [4.78, 5) is 2.20. The molecule has 0 heterocycles. The summed E-state index contributed by atoms with van der Waals surface area (Å²) in [5, 5.41) is 9.45. The number of aliphatic hydroxyl groups is 1. The summed E-state index contributed by atoms with van der Waals surface area (Å²) in [6, 6.07) is 16.3. The van der Waals surface area contributed by atoms with Crippen LogP contribution >= 0.6 is 24.8 Å². The number of likely N-dealkylation sites (N-methyl/N-ethyl adjacent to an activating group) is 1. The van der Waals surface area contributed by atoms with Gasteiger partial charge < -0.3 is 15.9 Å². The predicted octanol–water partition coefficient (Wildman–Crippen LogP) is 5.99. The van der Waals surface area contributed by atoms with Crippen LogP contribution in [0.5, 0.6) is 0 Å². The van der Waals surface area contributed by atoms with Crippen molar-refractivity contribution in [1.29, 1.82) is 0 Å². The molecule has 5 heteroatoms. The second-order valence-corrected chi connectivity index (χ2v) is 6.85. The molecule has 0 bridgehead atoms. The van der Waals surface area contributed by atoms with Gasteiger partial charge in [-0.15, -0.1) is 65.6 Å². The molecule has 2 aromatic rings. The fourth-order valence-electron chi connectivity index (χ4n) is 2.55. The topological polar surface area (TPSA) is 23.5 Å². The fraction of sp³-hybridized carbons (Fsp3) is 0.348. The molecular formula is C23H33Cl2NOTi. The van der Waals surface area contributed by atoms with Crippen LogP contribution < -0.4 is 0 Å². The molecule has 0 aliphatic heterocycles. The van der Waals surface area contributed by atoms with Gasteiger partial charge in [-0.2, -0.15) is 20.8 Å². The van der Waals surface area contributed by atoms with Crippen molar-refractivity contribution in [3.63, 3.8) is 0 Å². The molecule has 0 amide bonds. The third kappa shape index (κ3) is 11.4. The van der Waals surface area contributed by atoms with Crippen molar-refractivity contribution in [1.82, 2.24) is 4.90 Å². The Bertz CT molecular complexity index is 725. The van der Waals surface area contributed by atoms with Crippen LogP contribution in [0.2, 0.25) is 0 Å². The summed E-state index contributed by atoms with van der Waals surface area (Å²) in [5.41, 5.74) is 4.01. The smallest absolute Gasteiger partial charge is 0.400 e. The summed E-state index contributed by atoms with van der Waals surface area (Å²) >= 11 is 0. The molecule has 0 atom stereocenters. The normalized spacial score (nSPS) is 11.6. The Hall–Kier alpha value is -0.606. The minimum atomic E-state index is 0. The standard InChI is InChI=1S/C18H18N.C4H9.CH4O.2ClH.Ti/c1-19(2)13-14-7-8-17(11-14)18-10-9-15-5-3-4-6-16(15)12-18;1-4(2)3;1-2;;;/h3-7,9-11H,8,13H2,1-2H3;1-3H3;2H,1H3;2*1H;/q2*-1;;;;+2. The van der Waals surface area contributed by atoms with Crippen LogP contribution in [0.25, 0.3) is 16.3 Å². The van der Waals surface area contributed by atoms with Gasteiger partial charge in [0.2, 0.25) is 0 Å². The molecule has 1 aliphatic carbocycles. The van der Waals surface area contributed by atoms with Gasteiger partial charge in [-0.25, -0.2) is 0 Å². The first-order valence-corrected chi connectivity index (χ1v) is 8.63. The van der Waals surface area contributed by atoms with Gasteiger partial charge in [-0.3, -0.25) is 0 Å². The van der Waals surface area contributed by atoms with E-state index in [-0.39, 0.29) is 46.5 Å². The first-order chi connectivity index (χ1) is 12.0. The van der Waals surface area contributed by atoms with Crippen LogP contribution in [0.4, 0.5) is 0 Å². The third-order valence-corrected chi connectivity index (χ3v) is 3.45. The third-order valence-electron chi connectivity index (χ3n) is 3.45. The van der Waals surface area contributed by atoms with Crippen LogP contribution in [0.1, 0.15) is 32.8 Å². The molecule has 154 valence electrons. The second kappa shape index (κ2) is 17.3. The van der Waals surface area contributed by atoms with E-state index < -0.39 is 0 Å². The minimum absolute atomic E-state index is 0. The van der Waals surface area contributed by atoms with E-state index in [2.05, 4.69) is 94.4 Å². The molecule has 0 radical (unpaired) electrons. The van der Waals surface area contributed by atoms with Gasteiger partial charge in [0, 0.05) is 13.7 Å². The quantitative estimate of drug-likeness (QED) is 0.452. The predicted molar refractivity (Wildman–Crippen MR) is 125 cm³/mol. The molecule has 2 aromatic carbocycles. The molecule has 0 fully saturated rings. The molecule has 0 spiro atoms. The van der Waals surface area contributed by atoms with Crippen molar-refractivity contribution < 1.29 is 26.8 Å². The Balaban J connectivity index is -0.000000624. The summed E-state index contributed by atoms with van der Waals surface area (Å²) in [6.45, 7) is 7.26. The molecule has 0 saturated heterocycles. The molecule has 0 saturated carbocycles. The molecule has 1 N–H and O–H groups in total. The van der Waals surface area contributed by atoms with E-state index in [1.165, 1.54) is 33.4 Å². The van der Waals surface area contributed by atoms with Gasteiger partial charge in [0.1, 0.15) is 0 Å². The van der Waals surface area contributed by atoms with Gasteiger partial charge >= 0.3 is 21.7 Å². The maximum Gasteiger partial charge on any atom is 2.00 e. The Morgan fingerprint density at radius 2 is 1.57 bits per heavy atom. The van der Waals surface area contributed by atoms with E-state index in [4.69, 9.17) is 5.11 Å². The number of halogens is 2. The molecule has 28 heavy (non-hydrogen) atoms. The number of hydrogen-bond donors (Lipinski definition) is 1. The number of aliphatic hydroxyl groups excluding tert-OH is 1. The Labute approximate surface area is 198 Å². The van der Waals surface area contributed by atoms with Gasteiger partial charge in [-0.05, 0) is 26.1 Å². The molecule has 0 aromatic heterocycles. The molecule has 2 nitrogen and oxygen atoms in total. The number of benzene rings is 2. The number of hydrogen-bond acceptors (Lipinski definition) is 2. The number of nitrogens with zero attached hydrogens (tertiary/aromatic N) is 1. The second-order valence-electron chi connectivity index (χ2n) is 6.85. The summed E-state index contributed by atoms with van der Waals surface area (Å²) in [6.07, 6.45) is 5.65. The van der Waals surface area contributed by atoms with E-state index in [1.54, 1.807) is 0 Å². The first-order valence-electron chi connectivity index (χ1n) is 8.63. The first kappa shape index (κ1) is 32.1. The maximum atomic E-state index is 7.00. The average molecular weight is 458 g/mol. The molecule has 0 unspecified atom stereocenters. The number of fused-ring (bicyclic) bond motifs is 1. The molecular weight excluding hydrogens is 425 g/mol. The van der Waals surface area contributed by atoms with Gasteiger partial charge in [0.05, 0.1) is 0 Å². The van der Waals surface area contributed by atoms with E-state index in [9.17, 15) is 0 Å². The van der Waals surface area contributed by atoms with Crippen LogP contribution in [0, 0.1) is 12.0 Å². The van der Waals surface area contributed by atoms with Crippen molar-refractivity contribution in [2.75, 3.05) is 27.7 Å². The van der Waals surface area contributed by atoms with Crippen molar-refractivity contribution >= 4 is 41.2 Å². The zero-order chi connectivity index (χ0) is 18.8. The van der Waals surface area contributed by atoms with Crippen LogP contribution in [0.3, 0.4) is 0 Å². The van der Waals surface area contributed by atoms with Gasteiger partial charge in [0.25, 0.3) is 0 Å². The molecule has 1 aliphatic rings. The van der Waals surface area contributed by atoms with E-state index in [1.807, 2.05) is 0 Å². The number of allylic oxidation sites excluding steroid dienone is 2. The molecule has 3 rings (SSSR count). The summed E-state index contributed by atoms with van der Waals surface area (Å²) in [7, 11) is 5.21. The van der Waals surface area contributed by atoms with Crippen LogP contribution in [0.15, 0.2) is 54.1 Å². The number of rotatable bonds is 3. The monoisotopic (exact) mass is 457 g/mol. The zero-order valence-electron chi connectivity index (χ0n) is 17.7. The van der Waals surface area contributed by atoms with Crippen molar-refractivity contribution in [2.24, 2.45) is 0 Å². The van der Waals surface area contributed by atoms with Crippen LogP contribution in [-0.4, -0.2) is 37.8 Å². The fourth-order valence-corrected chi connectivity index (χ4v) is 2.55.